The lowest BCUT2D eigenvalue weighted by atomic mass is 9.85. The Bertz CT molecular complexity index is 1030. The van der Waals surface area contributed by atoms with Crippen LogP contribution in [0, 0.1) is 17.8 Å². The molecule has 0 aliphatic heterocycles. The molecular weight excluding hydrogens is 508 g/mol. The van der Waals surface area contributed by atoms with Crippen LogP contribution < -0.4 is 4.74 Å². The Morgan fingerprint density at radius 3 is 1.77 bits per heavy atom. The zero-order valence-corrected chi connectivity index (χ0v) is 24.9. The van der Waals surface area contributed by atoms with Gasteiger partial charge in [0.1, 0.15) is 5.75 Å². The fourth-order valence-electron chi connectivity index (χ4n) is 4.24. The first-order valence-corrected chi connectivity index (χ1v) is 14.4. The summed E-state index contributed by atoms with van der Waals surface area (Å²) in [6.45, 7) is 11.3. The van der Waals surface area contributed by atoms with E-state index in [9.17, 15) is 14.4 Å². The average Bonchev–Trinajstić information content (AvgIpc) is 2.92. The molecule has 0 radical (unpaired) electrons. The molecule has 0 bridgehead atoms. The quantitative estimate of drug-likeness (QED) is 0.118. The van der Waals surface area contributed by atoms with Gasteiger partial charge >= 0.3 is 17.9 Å². The van der Waals surface area contributed by atoms with Crippen LogP contribution in [0.1, 0.15) is 73.6 Å². The van der Waals surface area contributed by atoms with Gasteiger partial charge in [0.25, 0.3) is 0 Å². The molecule has 3 unspecified atom stereocenters. The highest BCUT2D eigenvalue weighted by Gasteiger charge is 2.36. The Kier molecular flexibility index (Phi) is 14.3. The predicted octanol–water partition coefficient (Wildman–Crippen LogP) is 7.02. The molecule has 0 aromatic heterocycles. The van der Waals surface area contributed by atoms with E-state index in [2.05, 4.69) is 24.3 Å². The molecule has 0 saturated heterocycles. The number of esters is 3. The molecule has 40 heavy (non-hydrogen) atoms. The van der Waals surface area contributed by atoms with E-state index in [4.69, 9.17) is 18.9 Å². The normalized spacial score (nSPS) is 13.4. The summed E-state index contributed by atoms with van der Waals surface area (Å²) in [5.74, 6) is -2.58. The molecule has 0 spiro atoms. The third kappa shape index (κ3) is 11.8. The van der Waals surface area contributed by atoms with Crippen molar-refractivity contribution in [1.29, 1.82) is 0 Å². The lowest BCUT2D eigenvalue weighted by Gasteiger charge is -2.25. The van der Waals surface area contributed by atoms with E-state index in [0.29, 0.717) is 13.2 Å². The second kappa shape index (κ2) is 17.4. The van der Waals surface area contributed by atoms with Crippen LogP contribution in [-0.4, -0.2) is 43.3 Å². The number of carbonyl (C=O) groups excluding carboxylic acids is 3. The minimum atomic E-state index is -0.786. The second-order valence-corrected chi connectivity index (χ2v) is 10.8. The first kappa shape index (κ1) is 32.9. The molecule has 220 valence electrons. The molecule has 3 atom stereocenters. The summed E-state index contributed by atoms with van der Waals surface area (Å²) in [4.78, 5) is 37.7. The van der Waals surface area contributed by atoms with Gasteiger partial charge in [0, 0.05) is 0 Å². The van der Waals surface area contributed by atoms with Crippen LogP contribution in [0.25, 0.3) is 11.1 Å². The molecule has 0 N–H and O–H groups in total. The van der Waals surface area contributed by atoms with Crippen LogP contribution in [0.5, 0.6) is 5.75 Å². The van der Waals surface area contributed by atoms with Crippen molar-refractivity contribution in [3.63, 3.8) is 0 Å². The molecule has 2 aromatic carbocycles. The number of hydrogen-bond donors (Lipinski definition) is 0. The maximum absolute atomic E-state index is 12.7. The summed E-state index contributed by atoms with van der Waals surface area (Å²) >= 11 is 0. The lowest BCUT2D eigenvalue weighted by molar-refractivity contribution is -0.166. The molecule has 2 rings (SSSR count). The Labute approximate surface area is 239 Å². The van der Waals surface area contributed by atoms with Gasteiger partial charge in [-0.15, -0.1) is 0 Å². The minimum Gasteiger partial charge on any atom is -0.494 e. The monoisotopic (exact) mass is 554 g/mol. The van der Waals surface area contributed by atoms with Gasteiger partial charge in [-0.05, 0) is 83.1 Å². The van der Waals surface area contributed by atoms with Gasteiger partial charge in [-0.1, -0.05) is 56.3 Å². The summed E-state index contributed by atoms with van der Waals surface area (Å²) in [5, 5.41) is 0. The predicted molar refractivity (Wildman–Crippen MR) is 156 cm³/mol. The molecule has 0 saturated carbocycles. The summed E-state index contributed by atoms with van der Waals surface area (Å²) in [6.07, 6.45) is 3.08. The second-order valence-electron chi connectivity index (χ2n) is 10.8. The summed E-state index contributed by atoms with van der Waals surface area (Å²) in [6, 6.07) is 18.3. The average molecular weight is 555 g/mol. The molecule has 7 heteroatoms. The van der Waals surface area contributed by atoms with Gasteiger partial charge in [0.2, 0.25) is 0 Å². The number of ether oxygens (including phenoxy) is 4. The molecular formula is C33H46O7. The summed E-state index contributed by atoms with van der Waals surface area (Å²) < 4.78 is 22.0. The van der Waals surface area contributed by atoms with Crippen molar-refractivity contribution in [1.82, 2.24) is 0 Å². The molecule has 0 fully saturated rings. The minimum absolute atomic E-state index is 0.155. The van der Waals surface area contributed by atoms with E-state index in [0.717, 1.165) is 37.0 Å². The van der Waals surface area contributed by atoms with E-state index >= 15 is 0 Å². The van der Waals surface area contributed by atoms with E-state index in [1.165, 1.54) is 5.56 Å². The molecule has 0 heterocycles. The first-order chi connectivity index (χ1) is 19.1. The Morgan fingerprint density at radius 1 is 0.625 bits per heavy atom. The number of carbonyl (C=O) groups is 3. The Morgan fingerprint density at radius 2 is 1.18 bits per heavy atom. The van der Waals surface area contributed by atoms with Crippen molar-refractivity contribution in [3.05, 3.63) is 54.6 Å². The van der Waals surface area contributed by atoms with Gasteiger partial charge in [0.15, 0.2) is 0 Å². The van der Waals surface area contributed by atoms with Crippen LogP contribution in [0.3, 0.4) is 0 Å². The van der Waals surface area contributed by atoms with Crippen molar-refractivity contribution < 1.29 is 33.3 Å². The maximum atomic E-state index is 12.7. The highest BCUT2D eigenvalue weighted by molar-refractivity contribution is 5.83. The fourth-order valence-corrected chi connectivity index (χ4v) is 4.24. The van der Waals surface area contributed by atoms with Crippen LogP contribution in [-0.2, 0) is 28.6 Å². The van der Waals surface area contributed by atoms with E-state index in [-0.39, 0.29) is 24.6 Å². The maximum Gasteiger partial charge on any atom is 0.310 e. The smallest absolute Gasteiger partial charge is 0.310 e. The molecule has 0 aliphatic carbocycles. The van der Waals surface area contributed by atoms with Crippen molar-refractivity contribution in [2.45, 2.75) is 85.9 Å². The highest BCUT2D eigenvalue weighted by atomic mass is 16.6. The number of unbranched alkanes of at least 4 members (excludes halogenated alkanes) is 3. The van der Waals surface area contributed by atoms with Gasteiger partial charge < -0.3 is 18.9 Å². The van der Waals surface area contributed by atoms with Crippen LogP contribution in [0.4, 0.5) is 0 Å². The van der Waals surface area contributed by atoms with Gasteiger partial charge in [0.05, 0.1) is 43.2 Å². The van der Waals surface area contributed by atoms with Crippen molar-refractivity contribution in [2.24, 2.45) is 17.8 Å². The SMILES string of the molecule is CC(C)OC(=O)C(C)C(CC(C)C(=O)OCCCCCCOc1ccc(-c2ccccc2)cc1)C(=O)OC(C)C. The Hall–Kier alpha value is -3.35. The number of hydrogen-bond acceptors (Lipinski definition) is 7. The molecule has 0 amide bonds. The first-order valence-electron chi connectivity index (χ1n) is 14.4. The van der Waals surface area contributed by atoms with Crippen LogP contribution in [0.2, 0.25) is 0 Å². The summed E-state index contributed by atoms with van der Waals surface area (Å²) in [7, 11) is 0. The fraction of sp³-hybridized carbons (Fsp3) is 0.545. The largest absolute Gasteiger partial charge is 0.494 e. The lowest BCUT2D eigenvalue weighted by Crippen LogP contribution is -2.35. The molecule has 0 aliphatic rings. The standard InChI is InChI=1S/C33H46O7/c1-23(2)39-32(35)26(6)30(33(36)40-24(3)4)22-25(5)31(34)38-21-13-8-7-12-20-37-29-18-16-28(17-19-29)27-14-10-9-11-15-27/h9-11,14-19,23-26,30H,7-8,12-13,20-22H2,1-6H3. The van der Waals surface area contributed by atoms with Crippen molar-refractivity contribution in [2.75, 3.05) is 13.2 Å². The molecule has 2 aromatic rings. The highest BCUT2D eigenvalue weighted by Crippen LogP contribution is 2.26. The third-order valence-electron chi connectivity index (χ3n) is 6.50. The van der Waals surface area contributed by atoms with E-state index in [1.54, 1.807) is 41.5 Å². The van der Waals surface area contributed by atoms with Gasteiger partial charge in [-0.3, -0.25) is 14.4 Å². The van der Waals surface area contributed by atoms with Crippen molar-refractivity contribution in [3.8, 4) is 16.9 Å². The van der Waals surface area contributed by atoms with Crippen LogP contribution in [0.15, 0.2) is 54.6 Å². The Balaban J connectivity index is 1.67. The van der Waals surface area contributed by atoms with Crippen molar-refractivity contribution >= 4 is 17.9 Å². The third-order valence-corrected chi connectivity index (χ3v) is 6.50. The van der Waals surface area contributed by atoms with E-state index < -0.39 is 29.7 Å². The zero-order valence-electron chi connectivity index (χ0n) is 24.9. The topological polar surface area (TPSA) is 88.1 Å². The van der Waals surface area contributed by atoms with Gasteiger partial charge in [-0.2, -0.15) is 0 Å². The number of rotatable bonds is 17. The zero-order chi connectivity index (χ0) is 29.5. The van der Waals surface area contributed by atoms with Crippen LogP contribution >= 0.6 is 0 Å². The van der Waals surface area contributed by atoms with Gasteiger partial charge in [-0.25, -0.2) is 0 Å². The summed E-state index contributed by atoms with van der Waals surface area (Å²) in [5.41, 5.74) is 2.34. The number of benzene rings is 2. The molecule has 7 nitrogen and oxygen atoms in total. The van der Waals surface area contributed by atoms with E-state index in [1.807, 2.05) is 30.3 Å².